The van der Waals surface area contributed by atoms with Gasteiger partial charge in [-0.3, -0.25) is 4.79 Å². The van der Waals surface area contributed by atoms with Crippen molar-refractivity contribution in [2.45, 2.75) is 32.6 Å². The Morgan fingerprint density at radius 2 is 1.95 bits per heavy atom. The van der Waals surface area contributed by atoms with Crippen LogP contribution in [0.25, 0.3) is 0 Å². The number of hydrogen-bond acceptors (Lipinski definition) is 2. The van der Waals surface area contributed by atoms with Crippen molar-refractivity contribution in [3.63, 3.8) is 0 Å². The molecule has 3 nitrogen and oxygen atoms in total. The molecule has 0 aliphatic rings. The number of nitrogens with one attached hydrogen (secondary N) is 2. The minimum atomic E-state index is 0.131. The van der Waals surface area contributed by atoms with E-state index in [1.54, 1.807) is 0 Å². The van der Waals surface area contributed by atoms with Crippen molar-refractivity contribution in [2.75, 3.05) is 19.6 Å². The van der Waals surface area contributed by atoms with Crippen molar-refractivity contribution in [3.05, 3.63) is 34.3 Å². The first-order valence-corrected chi connectivity index (χ1v) is 7.65. The predicted molar refractivity (Wildman–Crippen MR) is 83.3 cm³/mol. The van der Waals surface area contributed by atoms with E-state index in [2.05, 4.69) is 52.5 Å². The van der Waals surface area contributed by atoms with Crippen LogP contribution in [-0.2, 0) is 4.79 Å². The van der Waals surface area contributed by atoms with Gasteiger partial charge in [0.15, 0.2) is 0 Å². The van der Waals surface area contributed by atoms with Gasteiger partial charge in [0.2, 0.25) is 5.91 Å². The SMILES string of the molecule is CCNCCCNC(=O)CC(C)c1ccc(Br)cc1. The Hall–Kier alpha value is -0.870. The molecule has 1 amide bonds. The predicted octanol–water partition coefficient (Wildman–Crippen LogP) is 3.06. The standard InChI is InChI=1S/C15H23BrN2O/c1-3-17-9-4-10-18-15(19)11-12(2)13-5-7-14(16)8-6-13/h5-8,12,17H,3-4,9-11H2,1-2H3,(H,18,19). The van der Waals surface area contributed by atoms with Gasteiger partial charge in [0, 0.05) is 17.4 Å². The van der Waals surface area contributed by atoms with Gasteiger partial charge in [-0.05, 0) is 43.1 Å². The van der Waals surface area contributed by atoms with E-state index in [0.717, 1.165) is 30.5 Å². The first-order chi connectivity index (χ1) is 9.13. The molecule has 1 aromatic carbocycles. The molecule has 1 aromatic rings. The van der Waals surface area contributed by atoms with Crippen molar-refractivity contribution in [2.24, 2.45) is 0 Å². The van der Waals surface area contributed by atoms with E-state index in [1.807, 2.05) is 12.1 Å². The van der Waals surface area contributed by atoms with Gasteiger partial charge in [-0.1, -0.05) is 41.9 Å². The highest BCUT2D eigenvalue weighted by Crippen LogP contribution is 2.20. The second-order valence-corrected chi connectivity index (χ2v) is 5.63. The van der Waals surface area contributed by atoms with E-state index in [-0.39, 0.29) is 11.8 Å². The maximum Gasteiger partial charge on any atom is 0.220 e. The highest BCUT2D eigenvalue weighted by molar-refractivity contribution is 9.10. The summed E-state index contributed by atoms with van der Waals surface area (Å²) in [5.74, 6) is 0.383. The molecule has 0 saturated carbocycles. The van der Waals surface area contributed by atoms with Crippen LogP contribution < -0.4 is 10.6 Å². The minimum absolute atomic E-state index is 0.131. The summed E-state index contributed by atoms with van der Waals surface area (Å²) < 4.78 is 1.07. The minimum Gasteiger partial charge on any atom is -0.356 e. The quantitative estimate of drug-likeness (QED) is 0.721. The first kappa shape index (κ1) is 16.2. The number of benzene rings is 1. The van der Waals surface area contributed by atoms with Crippen molar-refractivity contribution in [1.82, 2.24) is 10.6 Å². The Bertz CT molecular complexity index is 378. The van der Waals surface area contributed by atoms with Crippen LogP contribution in [0.3, 0.4) is 0 Å². The fraction of sp³-hybridized carbons (Fsp3) is 0.533. The molecule has 0 aromatic heterocycles. The Morgan fingerprint density at radius 3 is 2.58 bits per heavy atom. The molecule has 0 bridgehead atoms. The molecule has 0 spiro atoms. The summed E-state index contributed by atoms with van der Waals surface area (Å²) in [6.07, 6.45) is 1.52. The van der Waals surface area contributed by atoms with E-state index < -0.39 is 0 Å². The lowest BCUT2D eigenvalue weighted by Crippen LogP contribution is -2.28. The topological polar surface area (TPSA) is 41.1 Å². The second kappa shape index (κ2) is 9.10. The zero-order chi connectivity index (χ0) is 14.1. The van der Waals surface area contributed by atoms with E-state index in [4.69, 9.17) is 0 Å². The molecule has 19 heavy (non-hydrogen) atoms. The lowest BCUT2D eigenvalue weighted by Gasteiger charge is -2.12. The Balaban J connectivity index is 2.26. The molecule has 0 fully saturated rings. The van der Waals surface area contributed by atoms with Crippen LogP contribution in [0.2, 0.25) is 0 Å². The fourth-order valence-electron chi connectivity index (χ4n) is 1.88. The first-order valence-electron chi connectivity index (χ1n) is 6.86. The molecule has 0 heterocycles. The molecule has 1 atom stereocenters. The molecule has 0 saturated heterocycles. The summed E-state index contributed by atoms with van der Waals surface area (Å²) in [5.41, 5.74) is 1.20. The molecule has 106 valence electrons. The van der Waals surface area contributed by atoms with Crippen molar-refractivity contribution >= 4 is 21.8 Å². The average molecular weight is 327 g/mol. The molecule has 0 radical (unpaired) electrons. The van der Waals surface area contributed by atoms with Gasteiger partial charge < -0.3 is 10.6 Å². The molecular formula is C15H23BrN2O. The molecular weight excluding hydrogens is 304 g/mol. The third-order valence-corrected chi connectivity index (χ3v) is 3.56. The normalized spacial score (nSPS) is 12.2. The van der Waals surface area contributed by atoms with Crippen molar-refractivity contribution in [3.8, 4) is 0 Å². The van der Waals surface area contributed by atoms with Gasteiger partial charge in [0.1, 0.15) is 0 Å². The molecule has 2 N–H and O–H groups in total. The summed E-state index contributed by atoms with van der Waals surface area (Å²) in [6.45, 7) is 6.85. The van der Waals surface area contributed by atoms with Gasteiger partial charge in [0.25, 0.3) is 0 Å². The summed E-state index contributed by atoms with van der Waals surface area (Å²) in [7, 11) is 0. The van der Waals surface area contributed by atoms with Gasteiger partial charge in [-0.2, -0.15) is 0 Å². The molecule has 4 heteroatoms. The zero-order valence-corrected chi connectivity index (χ0v) is 13.3. The summed E-state index contributed by atoms with van der Waals surface area (Å²) in [4.78, 5) is 11.8. The lowest BCUT2D eigenvalue weighted by molar-refractivity contribution is -0.121. The number of halogens is 1. The smallest absolute Gasteiger partial charge is 0.220 e. The van der Waals surface area contributed by atoms with E-state index >= 15 is 0 Å². The second-order valence-electron chi connectivity index (χ2n) is 4.71. The highest BCUT2D eigenvalue weighted by Gasteiger charge is 2.10. The van der Waals surface area contributed by atoms with Gasteiger partial charge in [0.05, 0.1) is 0 Å². The molecule has 0 aliphatic carbocycles. The zero-order valence-electron chi connectivity index (χ0n) is 11.7. The number of rotatable bonds is 8. The third-order valence-electron chi connectivity index (χ3n) is 3.03. The van der Waals surface area contributed by atoms with E-state index in [9.17, 15) is 4.79 Å². The molecule has 1 unspecified atom stereocenters. The highest BCUT2D eigenvalue weighted by atomic mass is 79.9. The summed E-state index contributed by atoms with van der Waals surface area (Å²) >= 11 is 3.41. The maximum absolute atomic E-state index is 11.8. The van der Waals surface area contributed by atoms with Gasteiger partial charge in [-0.25, -0.2) is 0 Å². The van der Waals surface area contributed by atoms with Crippen LogP contribution in [-0.4, -0.2) is 25.5 Å². The van der Waals surface area contributed by atoms with Crippen LogP contribution in [0, 0.1) is 0 Å². The molecule has 1 rings (SSSR count). The van der Waals surface area contributed by atoms with Gasteiger partial charge in [-0.15, -0.1) is 0 Å². The van der Waals surface area contributed by atoms with Crippen LogP contribution >= 0.6 is 15.9 Å². The average Bonchev–Trinajstić information content (AvgIpc) is 2.39. The Morgan fingerprint density at radius 1 is 1.26 bits per heavy atom. The summed E-state index contributed by atoms with van der Waals surface area (Å²) in [6, 6.07) is 8.15. The van der Waals surface area contributed by atoms with Crippen molar-refractivity contribution in [1.29, 1.82) is 0 Å². The Labute approximate surface area is 124 Å². The fourth-order valence-corrected chi connectivity index (χ4v) is 2.14. The van der Waals surface area contributed by atoms with Crippen LogP contribution in [0.5, 0.6) is 0 Å². The number of carbonyl (C=O) groups excluding carboxylic acids is 1. The third kappa shape index (κ3) is 6.73. The number of carbonyl (C=O) groups is 1. The lowest BCUT2D eigenvalue weighted by atomic mass is 9.97. The largest absolute Gasteiger partial charge is 0.356 e. The summed E-state index contributed by atoms with van der Waals surface area (Å²) in [5, 5.41) is 6.20. The van der Waals surface area contributed by atoms with Crippen molar-refractivity contribution < 1.29 is 4.79 Å². The van der Waals surface area contributed by atoms with E-state index in [0.29, 0.717) is 6.42 Å². The van der Waals surface area contributed by atoms with Crippen LogP contribution in [0.4, 0.5) is 0 Å². The Kier molecular flexibility index (Phi) is 7.75. The van der Waals surface area contributed by atoms with Gasteiger partial charge >= 0.3 is 0 Å². The van der Waals surface area contributed by atoms with E-state index in [1.165, 1.54) is 5.56 Å². The number of amides is 1. The number of hydrogen-bond donors (Lipinski definition) is 2. The molecule has 0 aliphatic heterocycles. The maximum atomic E-state index is 11.8. The monoisotopic (exact) mass is 326 g/mol. The van der Waals surface area contributed by atoms with Crippen LogP contribution in [0.15, 0.2) is 28.7 Å². The van der Waals surface area contributed by atoms with Crippen LogP contribution in [0.1, 0.15) is 38.2 Å².